The second-order valence-corrected chi connectivity index (χ2v) is 5.96. The molecule has 4 heteroatoms. The Hall–Kier alpha value is -3.01. The molecule has 1 fully saturated rings. The Kier molecular flexibility index (Phi) is 3.79. The number of aromatic nitrogens is 2. The lowest BCUT2D eigenvalue weighted by atomic mass is 9.90. The van der Waals surface area contributed by atoms with Crippen molar-refractivity contribution in [3.05, 3.63) is 78.6 Å². The topological polar surface area (TPSA) is 46.1 Å². The average Bonchev–Trinajstić information content (AvgIpc) is 2.62. The van der Waals surface area contributed by atoms with Crippen LogP contribution >= 0.6 is 0 Å². The van der Waals surface area contributed by atoms with E-state index in [0.717, 1.165) is 16.7 Å². The van der Waals surface area contributed by atoms with Gasteiger partial charge in [0, 0.05) is 31.0 Å². The van der Waals surface area contributed by atoms with Crippen molar-refractivity contribution in [1.29, 1.82) is 0 Å². The molecule has 0 saturated carbocycles. The Bertz CT molecular complexity index is 826. The van der Waals surface area contributed by atoms with Crippen molar-refractivity contribution < 1.29 is 4.79 Å². The van der Waals surface area contributed by atoms with Crippen LogP contribution in [0.3, 0.4) is 0 Å². The number of benzene rings is 2. The van der Waals surface area contributed by atoms with Gasteiger partial charge in [-0.2, -0.15) is 0 Å². The molecule has 118 valence electrons. The van der Waals surface area contributed by atoms with Gasteiger partial charge >= 0.3 is 0 Å². The van der Waals surface area contributed by atoms with Crippen LogP contribution in [0.4, 0.5) is 5.95 Å². The SMILES string of the molecule is O=C(c1ccc(-c2ccccc2)cc1)C1CN(c2ncccn2)C1. The number of hydrogen-bond donors (Lipinski definition) is 0. The lowest BCUT2D eigenvalue weighted by molar-refractivity contribution is 0.0897. The van der Waals surface area contributed by atoms with Gasteiger partial charge in [0.15, 0.2) is 5.78 Å². The monoisotopic (exact) mass is 315 g/mol. The van der Waals surface area contributed by atoms with Gasteiger partial charge in [-0.3, -0.25) is 4.79 Å². The van der Waals surface area contributed by atoms with E-state index in [0.29, 0.717) is 19.0 Å². The smallest absolute Gasteiger partial charge is 0.225 e. The molecule has 3 aromatic rings. The molecular formula is C20H17N3O. The van der Waals surface area contributed by atoms with Gasteiger partial charge < -0.3 is 4.90 Å². The minimum absolute atomic E-state index is 0.0244. The summed E-state index contributed by atoms with van der Waals surface area (Å²) in [5, 5.41) is 0. The van der Waals surface area contributed by atoms with Crippen LogP contribution in [0, 0.1) is 5.92 Å². The highest BCUT2D eigenvalue weighted by molar-refractivity contribution is 5.99. The first kappa shape index (κ1) is 14.6. The lowest BCUT2D eigenvalue weighted by Gasteiger charge is -2.38. The van der Waals surface area contributed by atoms with E-state index in [-0.39, 0.29) is 11.7 Å². The summed E-state index contributed by atoms with van der Waals surface area (Å²) in [5.74, 6) is 0.916. The van der Waals surface area contributed by atoms with Crippen LogP contribution < -0.4 is 4.90 Å². The van der Waals surface area contributed by atoms with E-state index in [1.54, 1.807) is 18.5 Å². The van der Waals surface area contributed by atoms with Crippen molar-refractivity contribution in [1.82, 2.24) is 9.97 Å². The van der Waals surface area contributed by atoms with Crippen LogP contribution in [0.5, 0.6) is 0 Å². The first-order valence-electron chi connectivity index (χ1n) is 8.03. The summed E-state index contributed by atoms with van der Waals surface area (Å²) in [4.78, 5) is 23.0. The van der Waals surface area contributed by atoms with E-state index in [4.69, 9.17) is 0 Å². The van der Waals surface area contributed by atoms with Crippen LogP contribution in [0.15, 0.2) is 73.1 Å². The summed E-state index contributed by atoms with van der Waals surface area (Å²) in [6, 6.07) is 19.8. The molecular weight excluding hydrogens is 298 g/mol. The summed E-state index contributed by atoms with van der Waals surface area (Å²) >= 11 is 0. The van der Waals surface area contributed by atoms with Crippen LogP contribution in [0.1, 0.15) is 10.4 Å². The Labute approximate surface area is 140 Å². The van der Waals surface area contributed by atoms with Crippen LogP contribution in [-0.2, 0) is 0 Å². The number of rotatable bonds is 4. The maximum atomic E-state index is 12.6. The molecule has 1 saturated heterocycles. The average molecular weight is 315 g/mol. The molecule has 4 rings (SSSR count). The predicted octanol–water partition coefficient (Wildman–Crippen LogP) is 3.46. The first-order chi connectivity index (χ1) is 11.8. The maximum Gasteiger partial charge on any atom is 0.225 e. The van der Waals surface area contributed by atoms with Crippen LogP contribution in [0.25, 0.3) is 11.1 Å². The molecule has 4 nitrogen and oxygen atoms in total. The molecule has 0 spiro atoms. The number of carbonyl (C=O) groups is 1. The minimum atomic E-state index is 0.0244. The molecule has 1 aromatic heterocycles. The quantitative estimate of drug-likeness (QED) is 0.692. The fourth-order valence-electron chi connectivity index (χ4n) is 2.96. The molecule has 2 heterocycles. The Balaban J connectivity index is 1.43. The van der Waals surface area contributed by atoms with Crippen molar-refractivity contribution >= 4 is 11.7 Å². The van der Waals surface area contributed by atoms with Gasteiger partial charge in [-0.25, -0.2) is 9.97 Å². The zero-order valence-corrected chi connectivity index (χ0v) is 13.2. The number of ketones is 1. The zero-order valence-electron chi connectivity index (χ0n) is 13.2. The molecule has 2 aromatic carbocycles. The van der Waals surface area contributed by atoms with Gasteiger partial charge in [0.25, 0.3) is 0 Å². The van der Waals surface area contributed by atoms with Gasteiger partial charge in [0.1, 0.15) is 0 Å². The molecule has 0 aliphatic carbocycles. The normalized spacial score (nSPS) is 14.2. The molecule has 1 aliphatic rings. The lowest BCUT2D eigenvalue weighted by Crippen LogP contribution is -2.51. The third-order valence-electron chi connectivity index (χ3n) is 4.36. The Morgan fingerprint density at radius 2 is 1.46 bits per heavy atom. The second-order valence-electron chi connectivity index (χ2n) is 5.96. The van der Waals surface area contributed by atoms with E-state index < -0.39 is 0 Å². The molecule has 0 radical (unpaired) electrons. The van der Waals surface area contributed by atoms with Gasteiger partial charge in [-0.1, -0.05) is 54.6 Å². The highest BCUT2D eigenvalue weighted by Gasteiger charge is 2.34. The molecule has 1 aliphatic heterocycles. The first-order valence-corrected chi connectivity index (χ1v) is 8.03. The van der Waals surface area contributed by atoms with Gasteiger partial charge in [-0.05, 0) is 17.2 Å². The summed E-state index contributed by atoms with van der Waals surface area (Å²) < 4.78 is 0. The molecule has 24 heavy (non-hydrogen) atoms. The molecule has 0 amide bonds. The largest absolute Gasteiger partial charge is 0.339 e. The summed E-state index contributed by atoms with van der Waals surface area (Å²) in [6.07, 6.45) is 3.44. The van der Waals surface area contributed by atoms with Gasteiger partial charge in [0.05, 0.1) is 5.92 Å². The third-order valence-corrected chi connectivity index (χ3v) is 4.36. The van der Waals surface area contributed by atoms with E-state index in [2.05, 4.69) is 22.1 Å². The molecule has 0 atom stereocenters. The molecule has 0 N–H and O–H groups in total. The van der Waals surface area contributed by atoms with Crippen molar-refractivity contribution in [2.45, 2.75) is 0 Å². The fraction of sp³-hybridized carbons (Fsp3) is 0.150. The Morgan fingerprint density at radius 1 is 0.833 bits per heavy atom. The molecule has 0 bridgehead atoms. The van der Waals surface area contributed by atoms with Gasteiger partial charge in [-0.15, -0.1) is 0 Å². The van der Waals surface area contributed by atoms with Crippen molar-refractivity contribution in [2.24, 2.45) is 5.92 Å². The van der Waals surface area contributed by atoms with E-state index in [1.807, 2.05) is 47.4 Å². The Morgan fingerprint density at radius 3 is 2.12 bits per heavy atom. The fourth-order valence-corrected chi connectivity index (χ4v) is 2.96. The zero-order chi connectivity index (χ0) is 16.4. The molecule has 0 unspecified atom stereocenters. The number of hydrogen-bond acceptors (Lipinski definition) is 4. The van der Waals surface area contributed by atoms with Crippen molar-refractivity contribution in [2.75, 3.05) is 18.0 Å². The van der Waals surface area contributed by atoms with Crippen LogP contribution in [-0.4, -0.2) is 28.8 Å². The van der Waals surface area contributed by atoms with E-state index in [1.165, 1.54) is 0 Å². The summed E-state index contributed by atoms with van der Waals surface area (Å²) in [7, 11) is 0. The minimum Gasteiger partial charge on any atom is -0.339 e. The number of carbonyl (C=O) groups excluding carboxylic acids is 1. The van der Waals surface area contributed by atoms with Crippen molar-refractivity contribution in [3.63, 3.8) is 0 Å². The standard InChI is InChI=1S/C20H17N3O/c24-19(18-13-23(14-18)20-21-11-4-12-22-20)17-9-7-16(8-10-17)15-5-2-1-3-6-15/h1-12,18H,13-14H2. The number of Topliss-reactive ketones (excluding diaryl/α,β-unsaturated/α-hetero) is 1. The van der Waals surface area contributed by atoms with E-state index in [9.17, 15) is 4.79 Å². The second kappa shape index (κ2) is 6.24. The highest BCUT2D eigenvalue weighted by Crippen LogP contribution is 2.25. The van der Waals surface area contributed by atoms with Crippen LogP contribution in [0.2, 0.25) is 0 Å². The van der Waals surface area contributed by atoms with Crippen molar-refractivity contribution in [3.8, 4) is 11.1 Å². The number of anilines is 1. The summed E-state index contributed by atoms with van der Waals surface area (Å²) in [6.45, 7) is 1.37. The maximum absolute atomic E-state index is 12.6. The van der Waals surface area contributed by atoms with Gasteiger partial charge in [0.2, 0.25) is 5.95 Å². The predicted molar refractivity (Wildman–Crippen MR) is 93.9 cm³/mol. The third kappa shape index (κ3) is 2.78. The van der Waals surface area contributed by atoms with E-state index >= 15 is 0 Å². The highest BCUT2D eigenvalue weighted by atomic mass is 16.1. The summed E-state index contributed by atoms with van der Waals surface area (Å²) in [5.41, 5.74) is 3.06. The number of nitrogens with zero attached hydrogens (tertiary/aromatic N) is 3.